The van der Waals surface area contributed by atoms with Crippen LogP contribution >= 0.6 is 0 Å². The first-order chi connectivity index (χ1) is 13.1. The number of benzene rings is 1. The summed E-state index contributed by atoms with van der Waals surface area (Å²) in [6.07, 6.45) is 4.21. The van der Waals surface area contributed by atoms with Crippen molar-refractivity contribution in [1.82, 2.24) is 9.80 Å². The smallest absolute Gasteiger partial charge is 0.411 e. The molecule has 0 unspecified atom stereocenters. The zero-order valence-electron chi connectivity index (χ0n) is 17.7. The second kappa shape index (κ2) is 14.5. The van der Waals surface area contributed by atoms with Crippen molar-refractivity contribution in [3.63, 3.8) is 0 Å². The Balaban J connectivity index is 2.72. The molecule has 0 bridgehead atoms. The first-order valence-corrected chi connectivity index (χ1v) is 10.6. The van der Waals surface area contributed by atoms with E-state index in [4.69, 9.17) is 4.74 Å². The standard InChI is InChI=1S/C22H39N3O2/c1-5-9-16-25(17-10-6-2)19-21(18-24(7-3)8-4)27-22(26)23-20-14-12-11-13-15-20/h11-15,21H,5-10,16-19H2,1-4H3,(H,23,26)/t21-/m1/s1. The fraction of sp³-hybridized carbons (Fsp3) is 0.682. The first kappa shape index (κ1) is 23.4. The van der Waals surface area contributed by atoms with Crippen molar-refractivity contribution < 1.29 is 9.53 Å². The second-order valence-electron chi connectivity index (χ2n) is 7.01. The summed E-state index contributed by atoms with van der Waals surface area (Å²) >= 11 is 0. The number of likely N-dealkylation sites (N-methyl/N-ethyl adjacent to an activating group) is 1. The maximum absolute atomic E-state index is 12.4. The summed E-state index contributed by atoms with van der Waals surface area (Å²) in [5.41, 5.74) is 0.762. The number of rotatable bonds is 14. The molecular weight excluding hydrogens is 338 g/mol. The highest BCUT2D eigenvalue weighted by Crippen LogP contribution is 2.09. The number of carbonyl (C=O) groups is 1. The van der Waals surface area contributed by atoms with Gasteiger partial charge in [-0.2, -0.15) is 0 Å². The molecule has 1 rings (SSSR count). The molecule has 0 heterocycles. The molecule has 0 aromatic heterocycles. The van der Waals surface area contributed by atoms with Crippen LogP contribution in [0.3, 0.4) is 0 Å². The molecule has 27 heavy (non-hydrogen) atoms. The number of para-hydroxylation sites is 1. The summed E-state index contributed by atoms with van der Waals surface area (Å²) in [4.78, 5) is 17.2. The topological polar surface area (TPSA) is 44.8 Å². The van der Waals surface area contributed by atoms with E-state index in [1.807, 2.05) is 30.3 Å². The molecule has 5 heteroatoms. The van der Waals surface area contributed by atoms with Crippen molar-refractivity contribution in [2.45, 2.75) is 59.5 Å². The van der Waals surface area contributed by atoms with E-state index < -0.39 is 0 Å². The minimum absolute atomic E-state index is 0.137. The summed E-state index contributed by atoms with van der Waals surface area (Å²) in [7, 11) is 0. The van der Waals surface area contributed by atoms with Gasteiger partial charge in [0, 0.05) is 18.8 Å². The number of carbonyl (C=O) groups excluding carboxylic acids is 1. The zero-order valence-corrected chi connectivity index (χ0v) is 17.7. The lowest BCUT2D eigenvalue weighted by Crippen LogP contribution is -2.44. The Labute approximate surface area is 166 Å². The largest absolute Gasteiger partial charge is 0.443 e. The van der Waals surface area contributed by atoms with Gasteiger partial charge < -0.3 is 9.64 Å². The van der Waals surface area contributed by atoms with Gasteiger partial charge in [0.05, 0.1) is 0 Å². The van der Waals surface area contributed by atoms with Gasteiger partial charge in [0.15, 0.2) is 0 Å². The molecule has 0 saturated heterocycles. The lowest BCUT2D eigenvalue weighted by molar-refractivity contribution is 0.0543. The van der Waals surface area contributed by atoms with E-state index in [1.165, 1.54) is 25.7 Å². The van der Waals surface area contributed by atoms with Gasteiger partial charge in [-0.1, -0.05) is 58.7 Å². The number of hydrogen-bond donors (Lipinski definition) is 1. The number of amides is 1. The van der Waals surface area contributed by atoms with Gasteiger partial charge in [-0.3, -0.25) is 10.2 Å². The van der Waals surface area contributed by atoms with E-state index in [9.17, 15) is 4.79 Å². The van der Waals surface area contributed by atoms with Crippen molar-refractivity contribution in [3.8, 4) is 0 Å². The van der Waals surface area contributed by atoms with Gasteiger partial charge in [-0.05, 0) is 51.2 Å². The van der Waals surface area contributed by atoms with Gasteiger partial charge in [0.2, 0.25) is 0 Å². The van der Waals surface area contributed by atoms with Crippen LogP contribution in [0.1, 0.15) is 53.4 Å². The van der Waals surface area contributed by atoms with Crippen molar-refractivity contribution in [1.29, 1.82) is 0 Å². The van der Waals surface area contributed by atoms with Crippen LogP contribution in [0.4, 0.5) is 10.5 Å². The molecule has 1 aromatic rings. The summed E-state index contributed by atoms with van der Waals surface area (Å²) in [5.74, 6) is 0. The number of nitrogens with one attached hydrogen (secondary N) is 1. The van der Waals surface area contributed by atoms with E-state index in [1.54, 1.807) is 0 Å². The fourth-order valence-corrected chi connectivity index (χ4v) is 3.07. The highest BCUT2D eigenvalue weighted by molar-refractivity contribution is 5.84. The number of nitrogens with zero attached hydrogens (tertiary/aromatic N) is 2. The lowest BCUT2D eigenvalue weighted by atomic mass is 10.2. The van der Waals surface area contributed by atoms with Crippen LogP contribution < -0.4 is 5.32 Å². The molecule has 1 N–H and O–H groups in total. The quantitative estimate of drug-likeness (QED) is 0.503. The Hall–Kier alpha value is -1.59. The van der Waals surface area contributed by atoms with Gasteiger partial charge in [-0.25, -0.2) is 4.79 Å². The van der Waals surface area contributed by atoms with Crippen LogP contribution in [0, 0.1) is 0 Å². The third-order valence-corrected chi connectivity index (χ3v) is 4.77. The van der Waals surface area contributed by atoms with Crippen molar-refractivity contribution in [2.75, 3.05) is 44.6 Å². The molecule has 0 aliphatic carbocycles. The minimum atomic E-state index is -0.371. The average molecular weight is 378 g/mol. The monoisotopic (exact) mass is 377 g/mol. The lowest BCUT2D eigenvalue weighted by Gasteiger charge is -2.30. The normalized spacial score (nSPS) is 12.4. The highest BCUT2D eigenvalue weighted by atomic mass is 16.6. The molecule has 154 valence electrons. The number of anilines is 1. The van der Waals surface area contributed by atoms with Crippen LogP contribution in [0.2, 0.25) is 0 Å². The fourth-order valence-electron chi connectivity index (χ4n) is 3.07. The molecule has 5 nitrogen and oxygen atoms in total. The van der Waals surface area contributed by atoms with Crippen LogP contribution in [-0.4, -0.2) is 61.3 Å². The molecular formula is C22H39N3O2. The summed E-state index contributed by atoms with van der Waals surface area (Å²) in [6, 6.07) is 9.48. The molecule has 0 aliphatic heterocycles. The summed E-state index contributed by atoms with van der Waals surface area (Å²) < 4.78 is 5.85. The molecule has 1 aromatic carbocycles. The Morgan fingerprint density at radius 2 is 1.48 bits per heavy atom. The Morgan fingerprint density at radius 1 is 0.926 bits per heavy atom. The molecule has 0 spiro atoms. The van der Waals surface area contributed by atoms with Gasteiger partial charge >= 0.3 is 6.09 Å². The average Bonchev–Trinajstić information content (AvgIpc) is 2.68. The van der Waals surface area contributed by atoms with Crippen LogP contribution in [-0.2, 0) is 4.74 Å². The predicted molar refractivity (Wildman–Crippen MR) is 114 cm³/mol. The van der Waals surface area contributed by atoms with Crippen LogP contribution in [0.15, 0.2) is 30.3 Å². The third-order valence-electron chi connectivity index (χ3n) is 4.77. The third kappa shape index (κ3) is 10.4. The molecule has 1 amide bonds. The van der Waals surface area contributed by atoms with Crippen molar-refractivity contribution in [3.05, 3.63) is 30.3 Å². The highest BCUT2D eigenvalue weighted by Gasteiger charge is 2.20. The summed E-state index contributed by atoms with van der Waals surface area (Å²) in [6.45, 7) is 14.3. The van der Waals surface area contributed by atoms with E-state index in [0.717, 1.165) is 45.0 Å². The van der Waals surface area contributed by atoms with Gasteiger partial charge in [-0.15, -0.1) is 0 Å². The minimum Gasteiger partial charge on any atom is -0.443 e. The maximum Gasteiger partial charge on any atom is 0.411 e. The van der Waals surface area contributed by atoms with E-state index in [2.05, 4.69) is 42.8 Å². The van der Waals surface area contributed by atoms with Gasteiger partial charge in [0.1, 0.15) is 6.10 Å². The first-order valence-electron chi connectivity index (χ1n) is 10.6. The molecule has 0 saturated carbocycles. The Morgan fingerprint density at radius 3 is 2.00 bits per heavy atom. The van der Waals surface area contributed by atoms with Crippen molar-refractivity contribution >= 4 is 11.8 Å². The number of ether oxygens (including phenoxy) is 1. The van der Waals surface area contributed by atoms with Crippen molar-refractivity contribution in [2.24, 2.45) is 0 Å². The summed E-state index contributed by atoms with van der Waals surface area (Å²) in [5, 5.41) is 2.84. The Bertz CT molecular complexity index is 484. The number of hydrogen-bond acceptors (Lipinski definition) is 4. The van der Waals surface area contributed by atoms with Gasteiger partial charge in [0.25, 0.3) is 0 Å². The molecule has 0 fully saturated rings. The predicted octanol–water partition coefficient (Wildman–Crippen LogP) is 4.85. The number of unbranched alkanes of at least 4 members (excludes halogenated alkanes) is 2. The van der Waals surface area contributed by atoms with Crippen LogP contribution in [0.5, 0.6) is 0 Å². The van der Waals surface area contributed by atoms with Crippen LogP contribution in [0.25, 0.3) is 0 Å². The molecule has 0 aliphatic rings. The van der Waals surface area contributed by atoms with E-state index >= 15 is 0 Å². The zero-order chi connectivity index (χ0) is 19.9. The maximum atomic E-state index is 12.4. The second-order valence-corrected chi connectivity index (χ2v) is 7.01. The van der Waals surface area contributed by atoms with E-state index in [0.29, 0.717) is 0 Å². The van der Waals surface area contributed by atoms with E-state index in [-0.39, 0.29) is 12.2 Å². The molecule has 0 radical (unpaired) electrons. The Kier molecular flexibility index (Phi) is 12.6. The SMILES string of the molecule is CCCCN(CCCC)C[C@@H](CN(CC)CC)OC(=O)Nc1ccccc1. The molecule has 1 atom stereocenters.